The molecule has 3 aromatic rings. The zero-order chi connectivity index (χ0) is 33.5. The van der Waals surface area contributed by atoms with Gasteiger partial charge >= 0.3 is 6.09 Å². The van der Waals surface area contributed by atoms with Gasteiger partial charge in [-0.15, -0.1) is 22.0 Å². The number of aromatic nitrogens is 4. The molecule has 2 saturated heterocycles. The molecule has 1 atom stereocenters. The van der Waals surface area contributed by atoms with Gasteiger partial charge in [0.15, 0.2) is 0 Å². The molecule has 5 heterocycles. The Labute approximate surface area is 282 Å². The number of likely N-dealkylation sites (tertiary alicyclic amines) is 1. The third-order valence-corrected chi connectivity index (χ3v) is 10.2. The van der Waals surface area contributed by atoms with Gasteiger partial charge in [-0.1, -0.05) is 6.92 Å². The Hall–Kier alpha value is -3.48. The summed E-state index contributed by atoms with van der Waals surface area (Å²) in [5, 5.41) is 8.43. The van der Waals surface area contributed by atoms with E-state index < -0.39 is 17.1 Å². The maximum Gasteiger partial charge on any atom is 0.415 e. The van der Waals surface area contributed by atoms with Crippen LogP contribution in [-0.2, 0) is 41.4 Å². The molecule has 1 aromatic carbocycles. The molecule has 0 aliphatic carbocycles. The fraction of sp³-hybridized carbons (Fsp3) is 0.571. The summed E-state index contributed by atoms with van der Waals surface area (Å²) >= 11 is 1.68. The Morgan fingerprint density at radius 3 is 2.62 bits per heavy atom. The number of thioether (sulfide) groups is 1. The molecule has 12 heteroatoms. The Bertz CT molecular complexity index is 1650. The largest absolute Gasteiger partial charge is 0.443 e. The first-order valence-electron chi connectivity index (χ1n) is 16.6. The number of amides is 2. The van der Waals surface area contributed by atoms with Gasteiger partial charge in [-0.3, -0.25) is 19.5 Å². The number of aryl methyl sites for hydroxylation is 1. The van der Waals surface area contributed by atoms with Gasteiger partial charge in [-0.05, 0) is 100 Å². The highest BCUT2D eigenvalue weighted by Gasteiger charge is 2.44. The predicted octanol–water partition coefficient (Wildman–Crippen LogP) is 5.60. The van der Waals surface area contributed by atoms with E-state index in [2.05, 4.69) is 40.4 Å². The minimum absolute atomic E-state index is 0.0766. The average molecular weight is 662 g/mol. The summed E-state index contributed by atoms with van der Waals surface area (Å²) in [4.78, 5) is 39.6. The minimum atomic E-state index is -0.677. The molecule has 11 nitrogen and oxygen atoms in total. The SMILES string of the molecule is CCN(C(=O)OC(C)(C)C)c1cc(C2(Cc3nncn3C)COC2)cc(N2Cc3c(SC)cc(CN4CCC[C@H](C)C4)cc3C2=O)n1. The fourth-order valence-corrected chi connectivity index (χ4v) is 7.54. The number of nitrogens with zero attached hydrogens (tertiary/aromatic N) is 7. The topological polar surface area (TPSA) is 106 Å². The van der Waals surface area contributed by atoms with E-state index in [0.717, 1.165) is 52.6 Å². The lowest BCUT2D eigenvalue weighted by atomic mass is 9.75. The molecule has 0 N–H and O–H groups in total. The molecule has 2 fully saturated rings. The van der Waals surface area contributed by atoms with Crippen LogP contribution >= 0.6 is 11.8 Å². The summed E-state index contributed by atoms with van der Waals surface area (Å²) in [6, 6.07) is 8.26. The number of piperidine rings is 1. The molecule has 2 aromatic heterocycles. The van der Waals surface area contributed by atoms with E-state index in [4.69, 9.17) is 14.5 Å². The van der Waals surface area contributed by atoms with Crippen LogP contribution in [0.25, 0.3) is 0 Å². The van der Waals surface area contributed by atoms with Crippen molar-refractivity contribution in [3.05, 3.63) is 58.7 Å². The summed E-state index contributed by atoms with van der Waals surface area (Å²) in [7, 11) is 1.93. The summed E-state index contributed by atoms with van der Waals surface area (Å²) in [6.07, 6.45) is 6.35. The summed E-state index contributed by atoms with van der Waals surface area (Å²) < 4.78 is 13.5. The zero-order valence-electron chi connectivity index (χ0n) is 28.7. The number of carbonyl (C=O) groups is 2. The third kappa shape index (κ3) is 6.91. The number of pyridine rings is 1. The molecular weight excluding hydrogens is 614 g/mol. The predicted molar refractivity (Wildman–Crippen MR) is 183 cm³/mol. The van der Waals surface area contributed by atoms with E-state index in [9.17, 15) is 9.59 Å². The van der Waals surface area contributed by atoms with Crippen LogP contribution in [0, 0.1) is 5.92 Å². The number of benzene rings is 1. The molecule has 0 spiro atoms. The normalized spacial score (nSPS) is 19.4. The van der Waals surface area contributed by atoms with Crippen molar-refractivity contribution in [2.24, 2.45) is 13.0 Å². The van der Waals surface area contributed by atoms with Crippen molar-refractivity contribution in [2.75, 3.05) is 48.9 Å². The van der Waals surface area contributed by atoms with Crippen LogP contribution in [0.3, 0.4) is 0 Å². The average Bonchev–Trinajstić information content (AvgIpc) is 3.55. The second-order valence-electron chi connectivity index (χ2n) is 14.3. The van der Waals surface area contributed by atoms with Crippen LogP contribution < -0.4 is 9.80 Å². The van der Waals surface area contributed by atoms with Crippen LogP contribution in [0.4, 0.5) is 16.4 Å². The highest BCUT2D eigenvalue weighted by molar-refractivity contribution is 7.98. The second-order valence-corrected chi connectivity index (χ2v) is 15.2. The van der Waals surface area contributed by atoms with Crippen LogP contribution in [0.5, 0.6) is 0 Å². The quantitative estimate of drug-likeness (QED) is 0.271. The number of rotatable bonds is 9. The first kappa shape index (κ1) is 33.4. The van der Waals surface area contributed by atoms with Crippen molar-refractivity contribution in [2.45, 2.75) is 82.9 Å². The maximum absolute atomic E-state index is 14.3. The highest BCUT2D eigenvalue weighted by Crippen LogP contribution is 2.41. The summed E-state index contributed by atoms with van der Waals surface area (Å²) in [5.41, 5.74) is 2.75. The number of ether oxygens (including phenoxy) is 2. The lowest BCUT2D eigenvalue weighted by molar-refractivity contribution is -0.0611. The monoisotopic (exact) mass is 661 g/mol. The van der Waals surface area contributed by atoms with E-state index in [0.29, 0.717) is 50.3 Å². The Morgan fingerprint density at radius 1 is 1.21 bits per heavy atom. The van der Waals surface area contributed by atoms with Gasteiger partial charge in [0.1, 0.15) is 29.4 Å². The van der Waals surface area contributed by atoms with Gasteiger partial charge in [-0.25, -0.2) is 9.78 Å². The van der Waals surface area contributed by atoms with E-state index in [-0.39, 0.29) is 5.91 Å². The molecule has 0 saturated carbocycles. The fourth-order valence-electron chi connectivity index (χ4n) is 6.85. The molecule has 3 aliphatic heterocycles. The van der Waals surface area contributed by atoms with Gasteiger partial charge in [0.05, 0.1) is 19.8 Å². The molecular formula is C35H47N7O4S. The number of fused-ring (bicyclic) bond motifs is 1. The van der Waals surface area contributed by atoms with Gasteiger partial charge < -0.3 is 14.0 Å². The van der Waals surface area contributed by atoms with Crippen molar-refractivity contribution in [3.8, 4) is 0 Å². The van der Waals surface area contributed by atoms with Gasteiger partial charge in [0, 0.05) is 49.0 Å². The zero-order valence-corrected chi connectivity index (χ0v) is 29.5. The molecule has 3 aliphatic rings. The summed E-state index contributed by atoms with van der Waals surface area (Å²) in [5.74, 6) is 2.38. The smallest absolute Gasteiger partial charge is 0.415 e. The molecule has 252 valence electrons. The standard InChI is InChI=1S/C35H47N7O4S/c1-8-41(33(44)46-34(3,4)5)29-14-25(35(20-45-21-35)16-31-38-36-22-39(31)6)15-30(37-29)42-19-27-26(32(42)43)12-24(13-28(27)47-7)18-40-11-9-10-23(2)17-40/h12-15,22-23H,8-11,16-21H2,1-7H3/t23-/m0/s1. The van der Waals surface area contributed by atoms with Crippen LogP contribution in [-0.4, -0.2) is 81.4 Å². The van der Waals surface area contributed by atoms with Crippen LogP contribution in [0.2, 0.25) is 0 Å². The van der Waals surface area contributed by atoms with Gasteiger partial charge in [0.2, 0.25) is 0 Å². The second kappa shape index (κ2) is 13.2. The van der Waals surface area contributed by atoms with Crippen molar-refractivity contribution in [1.29, 1.82) is 0 Å². The molecule has 0 radical (unpaired) electrons. The summed E-state index contributed by atoms with van der Waals surface area (Å²) in [6.45, 7) is 14.5. The lowest BCUT2D eigenvalue weighted by Crippen LogP contribution is -2.49. The van der Waals surface area contributed by atoms with E-state index in [1.165, 1.54) is 17.7 Å². The van der Waals surface area contributed by atoms with E-state index >= 15 is 0 Å². The number of anilines is 2. The van der Waals surface area contributed by atoms with Gasteiger partial charge in [-0.2, -0.15) is 0 Å². The highest BCUT2D eigenvalue weighted by atomic mass is 32.2. The Morgan fingerprint density at radius 2 is 2.00 bits per heavy atom. The first-order valence-corrected chi connectivity index (χ1v) is 17.8. The Balaban J connectivity index is 1.39. The van der Waals surface area contributed by atoms with Crippen molar-refractivity contribution in [3.63, 3.8) is 0 Å². The van der Waals surface area contributed by atoms with E-state index in [1.807, 2.05) is 51.4 Å². The Kier molecular flexibility index (Phi) is 9.39. The minimum Gasteiger partial charge on any atom is -0.443 e. The number of carbonyl (C=O) groups excluding carboxylic acids is 2. The molecule has 47 heavy (non-hydrogen) atoms. The molecule has 6 rings (SSSR count). The van der Waals surface area contributed by atoms with Crippen LogP contribution in [0.1, 0.15) is 80.3 Å². The van der Waals surface area contributed by atoms with Crippen molar-refractivity contribution < 1.29 is 19.1 Å². The first-order chi connectivity index (χ1) is 22.4. The lowest BCUT2D eigenvalue weighted by Gasteiger charge is -2.42. The molecule has 0 unspecified atom stereocenters. The molecule has 0 bridgehead atoms. The van der Waals surface area contributed by atoms with E-state index in [1.54, 1.807) is 23.0 Å². The molecule has 2 amide bonds. The van der Waals surface area contributed by atoms with Crippen molar-refractivity contribution in [1.82, 2.24) is 24.6 Å². The number of hydrogen-bond acceptors (Lipinski definition) is 9. The van der Waals surface area contributed by atoms with Crippen molar-refractivity contribution >= 4 is 35.4 Å². The van der Waals surface area contributed by atoms with Gasteiger partial charge in [0.25, 0.3) is 5.91 Å². The van der Waals surface area contributed by atoms with Crippen LogP contribution in [0.15, 0.2) is 35.5 Å². The maximum atomic E-state index is 14.3. The number of hydrogen-bond donors (Lipinski definition) is 0. The third-order valence-electron chi connectivity index (χ3n) is 9.38.